The van der Waals surface area contributed by atoms with Gasteiger partial charge in [-0.3, -0.25) is 9.59 Å². The molecule has 2 rings (SSSR count). The van der Waals surface area contributed by atoms with Crippen LogP contribution in [-0.2, 0) is 4.74 Å². The van der Waals surface area contributed by atoms with Crippen LogP contribution in [0.2, 0.25) is 0 Å². The predicted octanol–water partition coefficient (Wildman–Crippen LogP) is 0.455. The maximum Gasteiger partial charge on any atom is 0.254 e. The second-order valence-electron chi connectivity index (χ2n) is 3.84. The zero-order valence-electron chi connectivity index (χ0n) is 9.19. The van der Waals surface area contributed by atoms with Crippen LogP contribution in [0.4, 0.5) is 0 Å². The molecule has 1 atom stereocenters. The Hall–Kier alpha value is -1.33. The minimum Gasteiger partial charge on any atom is -0.373 e. The molecule has 1 aliphatic heterocycles. The third kappa shape index (κ3) is 2.87. The number of ether oxygens (including phenoxy) is 1. The van der Waals surface area contributed by atoms with Crippen LogP contribution in [0.3, 0.4) is 0 Å². The second kappa shape index (κ2) is 5.33. The second-order valence-corrected chi connectivity index (χ2v) is 4.15. The first kappa shape index (κ1) is 12.1. The SMILES string of the molecule is O=C(c1cc[nH]c(=O)c1)N1CCOC(CCl)C1. The summed E-state index contributed by atoms with van der Waals surface area (Å²) in [6, 6.07) is 2.89. The number of rotatable bonds is 2. The predicted molar refractivity (Wildman–Crippen MR) is 63.4 cm³/mol. The normalized spacial score (nSPS) is 20.3. The Balaban J connectivity index is 2.12. The average Bonchev–Trinajstić information content (AvgIpc) is 2.38. The van der Waals surface area contributed by atoms with E-state index in [-0.39, 0.29) is 17.6 Å². The number of carbonyl (C=O) groups excluding carboxylic acids is 1. The lowest BCUT2D eigenvalue weighted by atomic mass is 10.2. The summed E-state index contributed by atoms with van der Waals surface area (Å²) in [4.78, 5) is 27.3. The number of halogens is 1. The number of hydrogen-bond acceptors (Lipinski definition) is 3. The fourth-order valence-corrected chi connectivity index (χ4v) is 1.94. The van der Waals surface area contributed by atoms with Gasteiger partial charge in [0.25, 0.3) is 5.91 Å². The molecule has 1 fully saturated rings. The van der Waals surface area contributed by atoms with Gasteiger partial charge in [-0.05, 0) is 6.07 Å². The topological polar surface area (TPSA) is 62.4 Å². The Labute approximate surface area is 103 Å². The van der Waals surface area contributed by atoms with E-state index in [1.807, 2.05) is 0 Å². The molecule has 17 heavy (non-hydrogen) atoms. The number of carbonyl (C=O) groups is 1. The van der Waals surface area contributed by atoms with Crippen molar-refractivity contribution in [3.05, 3.63) is 34.2 Å². The van der Waals surface area contributed by atoms with Crippen molar-refractivity contribution in [1.29, 1.82) is 0 Å². The van der Waals surface area contributed by atoms with Crippen LogP contribution in [0.25, 0.3) is 0 Å². The molecular weight excluding hydrogens is 244 g/mol. The molecule has 92 valence electrons. The van der Waals surface area contributed by atoms with Gasteiger partial charge in [0.15, 0.2) is 0 Å². The first-order chi connectivity index (χ1) is 8.20. The molecule has 1 aromatic heterocycles. The van der Waals surface area contributed by atoms with E-state index in [1.165, 1.54) is 12.3 Å². The van der Waals surface area contributed by atoms with Crippen molar-refractivity contribution in [2.75, 3.05) is 25.6 Å². The van der Waals surface area contributed by atoms with Gasteiger partial charge in [0, 0.05) is 30.9 Å². The number of aromatic nitrogens is 1. The lowest BCUT2D eigenvalue weighted by Gasteiger charge is -2.32. The molecule has 0 bridgehead atoms. The van der Waals surface area contributed by atoms with Crippen LogP contribution < -0.4 is 5.56 Å². The highest BCUT2D eigenvalue weighted by Crippen LogP contribution is 2.10. The highest BCUT2D eigenvalue weighted by atomic mass is 35.5. The molecule has 1 N–H and O–H groups in total. The van der Waals surface area contributed by atoms with E-state index in [9.17, 15) is 9.59 Å². The Morgan fingerprint density at radius 3 is 3.18 bits per heavy atom. The third-order valence-corrected chi connectivity index (χ3v) is 2.96. The van der Waals surface area contributed by atoms with Crippen LogP contribution in [0.15, 0.2) is 23.1 Å². The lowest BCUT2D eigenvalue weighted by Crippen LogP contribution is -2.46. The standard InChI is InChI=1S/C11H13ClN2O3/c12-6-9-7-14(3-4-17-9)11(16)8-1-2-13-10(15)5-8/h1-2,5,9H,3-4,6-7H2,(H,13,15). The molecule has 0 saturated carbocycles. The third-order valence-electron chi connectivity index (χ3n) is 2.62. The summed E-state index contributed by atoms with van der Waals surface area (Å²) in [7, 11) is 0. The molecule has 5 nitrogen and oxygen atoms in total. The van der Waals surface area contributed by atoms with Gasteiger partial charge in [-0.2, -0.15) is 0 Å². The van der Waals surface area contributed by atoms with Crippen molar-refractivity contribution in [3.63, 3.8) is 0 Å². The number of pyridine rings is 1. The summed E-state index contributed by atoms with van der Waals surface area (Å²) in [6.45, 7) is 1.47. The maximum absolute atomic E-state index is 12.1. The maximum atomic E-state index is 12.1. The number of amides is 1. The number of morpholine rings is 1. The molecule has 6 heteroatoms. The van der Waals surface area contributed by atoms with Crippen LogP contribution in [0.1, 0.15) is 10.4 Å². The summed E-state index contributed by atoms with van der Waals surface area (Å²) in [5.41, 5.74) is 0.113. The van der Waals surface area contributed by atoms with Gasteiger partial charge < -0.3 is 14.6 Å². The first-order valence-electron chi connectivity index (χ1n) is 5.36. The molecule has 0 radical (unpaired) electrons. The Kier molecular flexibility index (Phi) is 3.81. The van der Waals surface area contributed by atoms with Crippen molar-refractivity contribution in [2.45, 2.75) is 6.10 Å². The van der Waals surface area contributed by atoms with Crippen LogP contribution >= 0.6 is 11.6 Å². The highest BCUT2D eigenvalue weighted by molar-refractivity contribution is 6.18. The van der Waals surface area contributed by atoms with Gasteiger partial charge in [-0.25, -0.2) is 0 Å². The van der Waals surface area contributed by atoms with Crippen molar-refractivity contribution in [1.82, 2.24) is 9.88 Å². The van der Waals surface area contributed by atoms with E-state index < -0.39 is 0 Å². The molecule has 1 unspecified atom stereocenters. The molecule has 0 aliphatic carbocycles. The fourth-order valence-electron chi connectivity index (χ4n) is 1.76. The summed E-state index contributed by atoms with van der Waals surface area (Å²) in [5.74, 6) is 0.202. The van der Waals surface area contributed by atoms with Crippen LogP contribution in [-0.4, -0.2) is 47.5 Å². The lowest BCUT2D eigenvalue weighted by molar-refractivity contribution is -0.0108. The van der Waals surface area contributed by atoms with E-state index in [4.69, 9.17) is 16.3 Å². The fraction of sp³-hybridized carbons (Fsp3) is 0.455. The number of hydrogen-bond donors (Lipinski definition) is 1. The number of H-pyrrole nitrogens is 1. The quantitative estimate of drug-likeness (QED) is 0.782. The number of aromatic amines is 1. The smallest absolute Gasteiger partial charge is 0.254 e. The molecule has 1 aliphatic rings. The van der Waals surface area contributed by atoms with Crippen molar-refractivity contribution in [2.24, 2.45) is 0 Å². The Morgan fingerprint density at radius 2 is 2.47 bits per heavy atom. The minimum atomic E-state index is -0.280. The molecule has 0 spiro atoms. The Bertz CT molecular complexity index is 460. The van der Waals surface area contributed by atoms with E-state index in [2.05, 4.69) is 4.98 Å². The number of nitrogens with zero attached hydrogens (tertiary/aromatic N) is 1. The monoisotopic (exact) mass is 256 g/mol. The van der Waals surface area contributed by atoms with Crippen molar-refractivity contribution in [3.8, 4) is 0 Å². The Morgan fingerprint density at radius 1 is 1.65 bits per heavy atom. The molecule has 1 amide bonds. The van der Waals surface area contributed by atoms with Crippen molar-refractivity contribution < 1.29 is 9.53 Å². The summed E-state index contributed by atoms with van der Waals surface area (Å²) in [6.07, 6.45) is 1.34. The van der Waals surface area contributed by atoms with Gasteiger partial charge in [0.05, 0.1) is 18.6 Å². The van der Waals surface area contributed by atoms with Gasteiger partial charge in [-0.15, -0.1) is 11.6 Å². The first-order valence-corrected chi connectivity index (χ1v) is 5.90. The van der Waals surface area contributed by atoms with Crippen LogP contribution in [0, 0.1) is 0 Å². The van der Waals surface area contributed by atoms with Gasteiger partial charge in [-0.1, -0.05) is 0 Å². The summed E-state index contributed by atoms with van der Waals surface area (Å²) >= 11 is 5.70. The van der Waals surface area contributed by atoms with Gasteiger partial charge >= 0.3 is 0 Å². The molecule has 1 aromatic rings. The average molecular weight is 257 g/mol. The molecule has 2 heterocycles. The summed E-state index contributed by atoms with van der Waals surface area (Å²) < 4.78 is 5.37. The zero-order valence-corrected chi connectivity index (χ0v) is 9.94. The van der Waals surface area contributed by atoms with Crippen LogP contribution in [0.5, 0.6) is 0 Å². The highest BCUT2D eigenvalue weighted by Gasteiger charge is 2.24. The molecule has 1 saturated heterocycles. The van der Waals surface area contributed by atoms with E-state index in [0.717, 1.165) is 0 Å². The minimum absolute atomic E-state index is 0.128. The largest absolute Gasteiger partial charge is 0.373 e. The molecule has 0 aromatic carbocycles. The number of nitrogens with one attached hydrogen (secondary N) is 1. The van der Waals surface area contributed by atoms with E-state index in [0.29, 0.717) is 31.1 Å². The van der Waals surface area contributed by atoms with E-state index in [1.54, 1.807) is 11.0 Å². The van der Waals surface area contributed by atoms with E-state index >= 15 is 0 Å². The van der Waals surface area contributed by atoms with Gasteiger partial charge in [0.2, 0.25) is 5.56 Å². The summed E-state index contributed by atoms with van der Waals surface area (Å²) in [5, 5.41) is 0. The molecular formula is C11H13ClN2O3. The number of alkyl halides is 1. The van der Waals surface area contributed by atoms with Gasteiger partial charge in [0.1, 0.15) is 0 Å². The zero-order chi connectivity index (χ0) is 12.3. The van der Waals surface area contributed by atoms with Crippen molar-refractivity contribution >= 4 is 17.5 Å².